The zero-order valence-electron chi connectivity index (χ0n) is 11.2. The Balaban J connectivity index is 2.43. The van der Waals surface area contributed by atoms with Crippen LogP contribution in [0, 0.1) is 25.2 Å². The summed E-state index contributed by atoms with van der Waals surface area (Å²) in [6, 6.07) is 12.1. The molecule has 0 radical (unpaired) electrons. The van der Waals surface area contributed by atoms with E-state index >= 15 is 0 Å². The van der Waals surface area contributed by atoms with Crippen LogP contribution in [-0.2, 0) is 0 Å². The lowest BCUT2D eigenvalue weighted by Gasteiger charge is -2.24. The Hall–Kier alpha value is -2.41. The quantitative estimate of drug-likeness (QED) is 0.838. The van der Waals surface area contributed by atoms with Crippen molar-refractivity contribution in [1.29, 1.82) is 5.26 Å². The molecular formula is C15H16N4. The van der Waals surface area contributed by atoms with E-state index in [1.165, 1.54) is 0 Å². The zero-order valence-corrected chi connectivity index (χ0v) is 11.2. The molecule has 19 heavy (non-hydrogen) atoms. The summed E-state index contributed by atoms with van der Waals surface area (Å²) < 4.78 is 0. The lowest BCUT2D eigenvalue weighted by atomic mass is 10.2. The molecule has 0 N–H and O–H groups in total. The minimum absolute atomic E-state index is 0.448. The summed E-state index contributed by atoms with van der Waals surface area (Å²) in [5.74, 6) is 0.821. The highest BCUT2D eigenvalue weighted by molar-refractivity contribution is 5.61. The molecule has 2 rings (SSSR count). The van der Waals surface area contributed by atoms with Crippen molar-refractivity contribution >= 4 is 11.5 Å². The van der Waals surface area contributed by atoms with Crippen molar-refractivity contribution in [3.05, 3.63) is 47.9 Å². The Morgan fingerprint density at radius 1 is 1.21 bits per heavy atom. The molecule has 0 fully saturated rings. The molecule has 4 nitrogen and oxygen atoms in total. The van der Waals surface area contributed by atoms with E-state index in [2.05, 4.69) is 16.0 Å². The Morgan fingerprint density at radius 2 is 1.95 bits per heavy atom. The van der Waals surface area contributed by atoms with Crippen LogP contribution in [-0.4, -0.2) is 16.5 Å². The second-order valence-corrected chi connectivity index (χ2v) is 4.32. The van der Waals surface area contributed by atoms with Gasteiger partial charge in [-0.3, -0.25) is 4.98 Å². The minimum atomic E-state index is 0.448. The van der Waals surface area contributed by atoms with Gasteiger partial charge in [0.05, 0.1) is 23.9 Å². The molecule has 0 saturated carbocycles. The predicted octanol–water partition coefficient (Wildman–Crippen LogP) is 3.15. The van der Waals surface area contributed by atoms with Gasteiger partial charge < -0.3 is 4.90 Å². The number of nitriles is 1. The second kappa shape index (κ2) is 5.96. The molecule has 0 bridgehead atoms. The summed E-state index contributed by atoms with van der Waals surface area (Å²) in [6.07, 6.45) is 2.20. The topological polar surface area (TPSA) is 52.8 Å². The van der Waals surface area contributed by atoms with Gasteiger partial charge >= 0.3 is 0 Å². The Bertz CT molecular complexity index is 587. The maximum Gasteiger partial charge on any atom is 0.154 e. The largest absolute Gasteiger partial charge is 0.324 e. The number of para-hydroxylation sites is 1. The first-order chi connectivity index (χ1) is 9.22. The van der Waals surface area contributed by atoms with Crippen molar-refractivity contribution in [3.8, 4) is 6.07 Å². The number of aryl methyl sites for hydroxylation is 2. The van der Waals surface area contributed by atoms with E-state index < -0.39 is 0 Å². The summed E-state index contributed by atoms with van der Waals surface area (Å²) >= 11 is 0. The molecule has 1 aromatic carbocycles. The molecule has 0 aliphatic heterocycles. The van der Waals surface area contributed by atoms with E-state index in [4.69, 9.17) is 5.26 Å². The number of hydrogen-bond acceptors (Lipinski definition) is 4. The van der Waals surface area contributed by atoms with Crippen LogP contribution in [0.4, 0.5) is 11.5 Å². The van der Waals surface area contributed by atoms with Crippen LogP contribution < -0.4 is 4.90 Å². The lowest BCUT2D eigenvalue weighted by molar-refractivity contribution is 0.898. The molecule has 4 heteroatoms. The first-order valence-electron chi connectivity index (χ1n) is 6.22. The number of benzene rings is 1. The number of hydrogen-bond donors (Lipinski definition) is 0. The fourth-order valence-electron chi connectivity index (χ4n) is 1.91. The molecular weight excluding hydrogens is 236 g/mol. The van der Waals surface area contributed by atoms with E-state index in [1.54, 1.807) is 6.20 Å². The van der Waals surface area contributed by atoms with Crippen LogP contribution in [0.1, 0.15) is 17.8 Å². The number of nitrogens with zero attached hydrogens (tertiary/aromatic N) is 4. The molecule has 0 atom stereocenters. The number of rotatable bonds is 4. The van der Waals surface area contributed by atoms with Gasteiger partial charge in [0.1, 0.15) is 0 Å². The van der Waals surface area contributed by atoms with Gasteiger partial charge in [0.2, 0.25) is 0 Å². The number of anilines is 2. The zero-order chi connectivity index (χ0) is 13.7. The Labute approximate surface area is 113 Å². The standard InChI is InChI=1S/C15H16N4/c1-12-11-17-13(2)15(18-12)19(10-6-9-16)14-7-4-3-5-8-14/h3-5,7-8,11H,6,10H2,1-2H3. The van der Waals surface area contributed by atoms with Gasteiger partial charge in [-0.05, 0) is 26.0 Å². The fourth-order valence-corrected chi connectivity index (χ4v) is 1.91. The van der Waals surface area contributed by atoms with E-state index in [-0.39, 0.29) is 0 Å². The van der Waals surface area contributed by atoms with E-state index in [0.29, 0.717) is 13.0 Å². The molecule has 1 heterocycles. The van der Waals surface area contributed by atoms with Crippen LogP contribution >= 0.6 is 0 Å². The molecule has 0 spiro atoms. The molecule has 1 aromatic heterocycles. The van der Waals surface area contributed by atoms with Gasteiger partial charge in [0.25, 0.3) is 0 Å². The highest BCUT2D eigenvalue weighted by Crippen LogP contribution is 2.25. The summed E-state index contributed by atoms with van der Waals surface area (Å²) in [5, 5.41) is 8.82. The van der Waals surface area contributed by atoms with E-state index in [9.17, 15) is 0 Å². The van der Waals surface area contributed by atoms with Gasteiger partial charge in [-0.1, -0.05) is 18.2 Å². The monoisotopic (exact) mass is 252 g/mol. The van der Waals surface area contributed by atoms with E-state index in [1.807, 2.05) is 49.1 Å². The first-order valence-corrected chi connectivity index (χ1v) is 6.22. The summed E-state index contributed by atoms with van der Waals surface area (Å²) in [6.45, 7) is 4.47. The van der Waals surface area contributed by atoms with Crippen molar-refractivity contribution < 1.29 is 0 Å². The van der Waals surface area contributed by atoms with Crippen molar-refractivity contribution in [3.63, 3.8) is 0 Å². The summed E-state index contributed by atoms with van der Waals surface area (Å²) in [4.78, 5) is 10.9. The van der Waals surface area contributed by atoms with Crippen molar-refractivity contribution in [1.82, 2.24) is 9.97 Å². The third kappa shape index (κ3) is 3.08. The highest BCUT2D eigenvalue weighted by Gasteiger charge is 2.13. The molecule has 96 valence electrons. The van der Waals surface area contributed by atoms with Gasteiger partial charge in [0, 0.05) is 18.4 Å². The van der Waals surface area contributed by atoms with Gasteiger partial charge in [-0.15, -0.1) is 0 Å². The van der Waals surface area contributed by atoms with E-state index in [0.717, 1.165) is 22.9 Å². The van der Waals surface area contributed by atoms with Gasteiger partial charge in [-0.25, -0.2) is 4.98 Å². The average molecular weight is 252 g/mol. The van der Waals surface area contributed by atoms with Gasteiger partial charge in [0.15, 0.2) is 5.82 Å². The molecule has 0 saturated heterocycles. The minimum Gasteiger partial charge on any atom is -0.324 e. The maximum atomic E-state index is 8.82. The van der Waals surface area contributed by atoms with Crippen LogP contribution in [0.15, 0.2) is 36.5 Å². The van der Waals surface area contributed by atoms with Crippen molar-refractivity contribution in [2.45, 2.75) is 20.3 Å². The predicted molar refractivity (Wildman–Crippen MR) is 75.2 cm³/mol. The van der Waals surface area contributed by atoms with Crippen LogP contribution in [0.25, 0.3) is 0 Å². The maximum absolute atomic E-state index is 8.82. The van der Waals surface area contributed by atoms with Crippen molar-refractivity contribution in [2.75, 3.05) is 11.4 Å². The average Bonchev–Trinajstić information content (AvgIpc) is 2.44. The third-order valence-corrected chi connectivity index (χ3v) is 2.82. The molecule has 2 aromatic rings. The Morgan fingerprint density at radius 3 is 2.63 bits per heavy atom. The SMILES string of the molecule is Cc1cnc(C)c(N(CCC#N)c2ccccc2)n1. The van der Waals surface area contributed by atoms with Crippen LogP contribution in [0.2, 0.25) is 0 Å². The fraction of sp³-hybridized carbons (Fsp3) is 0.267. The first kappa shape index (κ1) is 13.0. The highest BCUT2D eigenvalue weighted by atomic mass is 15.2. The number of aromatic nitrogens is 2. The van der Waals surface area contributed by atoms with Crippen molar-refractivity contribution in [2.24, 2.45) is 0 Å². The lowest BCUT2D eigenvalue weighted by Crippen LogP contribution is -2.21. The molecule has 0 amide bonds. The van der Waals surface area contributed by atoms with Crippen LogP contribution in [0.5, 0.6) is 0 Å². The third-order valence-electron chi connectivity index (χ3n) is 2.82. The summed E-state index contributed by atoms with van der Waals surface area (Å²) in [5.41, 5.74) is 2.77. The second-order valence-electron chi connectivity index (χ2n) is 4.32. The van der Waals surface area contributed by atoms with Crippen LogP contribution in [0.3, 0.4) is 0 Å². The Kier molecular flexibility index (Phi) is 4.09. The molecule has 0 aliphatic rings. The normalized spacial score (nSPS) is 9.95. The smallest absolute Gasteiger partial charge is 0.154 e. The van der Waals surface area contributed by atoms with Gasteiger partial charge in [-0.2, -0.15) is 5.26 Å². The molecule has 0 aliphatic carbocycles. The molecule has 0 unspecified atom stereocenters. The summed E-state index contributed by atoms with van der Waals surface area (Å²) in [7, 11) is 0.